The van der Waals surface area contributed by atoms with Crippen LogP contribution in [0.25, 0.3) is 0 Å². The van der Waals surface area contributed by atoms with E-state index in [2.05, 4.69) is 6.92 Å². The van der Waals surface area contributed by atoms with Gasteiger partial charge in [-0.05, 0) is 19.3 Å². The summed E-state index contributed by atoms with van der Waals surface area (Å²) in [5, 5.41) is 8.62. The van der Waals surface area contributed by atoms with Crippen LogP contribution in [0.2, 0.25) is 0 Å². The van der Waals surface area contributed by atoms with Gasteiger partial charge in [-0.15, -0.1) is 0 Å². The molecule has 0 aromatic rings. The van der Waals surface area contributed by atoms with Crippen molar-refractivity contribution in [3.8, 4) is 0 Å². The second-order valence-corrected chi connectivity index (χ2v) is 11.3. The molecule has 0 rings (SSSR count). The summed E-state index contributed by atoms with van der Waals surface area (Å²) in [6, 6.07) is 0. The lowest BCUT2D eigenvalue weighted by Crippen LogP contribution is -2.05. The minimum Gasteiger partial charge on any atom is -0.481 e. The van der Waals surface area contributed by atoms with Crippen LogP contribution in [0, 0.1) is 0 Å². The van der Waals surface area contributed by atoms with E-state index in [0.29, 0.717) is 19.4 Å². The fraction of sp³-hybridized carbons (Fsp3) is 0.939. The number of hydrogen-bond donors (Lipinski definition) is 1. The van der Waals surface area contributed by atoms with Crippen molar-refractivity contribution in [2.75, 3.05) is 6.61 Å². The Morgan fingerprint density at radius 2 is 0.730 bits per heavy atom. The molecule has 0 aliphatic carbocycles. The zero-order chi connectivity index (χ0) is 27.1. The van der Waals surface area contributed by atoms with E-state index in [4.69, 9.17) is 9.84 Å². The van der Waals surface area contributed by atoms with Crippen LogP contribution in [0.15, 0.2) is 0 Å². The van der Waals surface area contributed by atoms with Crippen LogP contribution in [-0.2, 0) is 14.3 Å². The number of ether oxygens (including phenoxy) is 1. The second kappa shape index (κ2) is 31.2. The summed E-state index contributed by atoms with van der Waals surface area (Å²) in [7, 11) is 0. The highest BCUT2D eigenvalue weighted by Gasteiger charge is 2.03. The van der Waals surface area contributed by atoms with E-state index in [1.807, 2.05) is 0 Å². The Morgan fingerprint density at radius 1 is 0.432 bits per heavy atom. The van der Waals surface area contributed by atoms with Gasteiger partial charge in [0, 0.05) is 12.8 Å². The largest absolute Gasteiger partial charge is 0.481 e. The molecule has 37 heavy (non-hydrogen) atoms. The number of carbonyl (C=O) groups excluding carboxylic acids is 1. The van der Waals surface area contributed by atoms with E-state index in [9.17, 15) is 9.59 Å². The number of unbranched alkanes of at least 4 members (excludes halogenated alkanes) is 25. The minimum atomic E-state index is -0.664. The van der Waals surface area contributed by atoms with E-state index in [1.54, 1.807) is 0 Å². The Bertz CT molecular complexity index is 477. The highest BCUT2D eigenvalue weighted by molar-refractivity contribution is 5.69. The van der Waals surface area contributed by atoms with E-state index in [0.717, 1.165) is 25.7 Å². The molecule has 4 heteroatoms. The Kier molecular flexibility index (Phi) is 30.3. The SMILES string of the molecule is CCCCCCCCCCCCCC(=O)OCCCCCCCCCCCCCCCCCCC(=O)O. The van der Waals surface area contributed by atoms with Crippen molar-refractivity contribution in [3.05, 3.63) is 0 Å². The molecule has 0 amide bonds. The number of esters is 1. The van der Waals surface area contributed by atoms with Gasteiger partial charge in [0.25, 0.3) is 0 Å². The van der Waals surface area contributed by atoms with Gasteiger partial charge < -0.3 is 9.84 Å². The molecule has 4 nitrogen and oxygen atoms in total. The van der Waals surface area contributed by atoms with Crippen molar-refractivity contribution < 1.29 is 19.4 Å². The Morgan fingerprint density at radius 3 is 1.08 bits per heavy atom. The van der Waals surface area contributed by atoms with Crippen molar-refractivity contribution in [2.45, 2.75) is 193 Å². The Labute approximate surface area is 231 Å². The number of aliphatic carboxylic acids is 1. The number of rotatable bonds is 31. The van der Waals surface area contributed by atoms with Crippen LogP contribution >= 0.6 is 0 Å². The van der Waals surface area contributed by atoms with Crippen LogP contribution in [-0.4, -0.2) is 23.7 Å². The number of hydrogen-bond acceptors (Lipinski definition) is 3. The molecule has 1 N–H and O–H groups in total. The van der Waals surface area contributed by atoms with Gasteiger partial charge in [0.05, 0.1) is 6.61 Å². The van der Waals surface area contributed by atoms with Crippen LogP contribution in [0.1, 0.15) is 193 Å². The maximum absolute atomic E-state index is 11.9. The van der Waals surface area contributed by atoms with E-state index < -0.39 is 5.97 Å². The average Bonchev–Trinajstić information content (AvgIpc) is 2.88. The molecule has 0 bridgehead atoms. The molecule has 0 aliphatic heterocycles. The third kappa shape index (κ3) is 32.9. The van der Waals surface area contributed by atoms with Crippen molar-refractivity contribution >= 4 is 11.9 Å². The molecule has 0 saturated carbocycles. The van der Waals surface area contributed by atoms with Crippen molar-refractivity contribution in [1.29, 1.82) is 0 Å². The molecule has 0 spiro atoms. The highest BCUT2D eigenvalue weighted by atomic mass is 16.5. The standard InChI is InChI=1S/C33H64O4/c1-2-3-4-5-6-7-14-18-21-24-27-30-33(36)37-31-28-25-22-19-16-13-11-9-8-10-12-15-17-20-23-26-29-32(34)35/h2-31H2,1H3,(H,34,35). The molecule has 0 radical (unpaired) electrons. The fourth-order valence-corrected chi connectivity index (χ4v) is 5.04. The first-order chi connectivity index (χ1) is 18.2. The van der Waals surface area contributed by atoms with Crippen LogP contribution in [0.4, 0.5) is 0 Å². The van der Waals surface area contributed by atoms with Gasteiger partial charge in [-0.25, -0.2) is 0 Å². The Balaban J connectivity index is 3.14. The lowest BCUT2D eigenvalue weighted by atomic mass is 10.0. The fourth-order valence-electron chi connectivity index (χ4n) is 5.04. The maximum atomic E-state index is 11.9. The molecule has 0 aliphatic rings. The molecule has 0 unspecified atom stereocenters. The molecule has 0 saturated heterocycles. The third-order valence-electron chi connectivity index (χ3n) is 7.53. The summed E-state index contributed by atoms with van der Waals surface area (Å²) in [4.78, 5) is 22.3. The van der Waals surface area contributed by atoms with Crippen molar-refractivity contribution in [3.63, 3.8) is 0 Å². The maximum Gasteiger partial charge on any atom is 0.305 e. The number of carboxylic acids is 1. The topological polar surface area (TPSA) is 63.6 Å². The lowest BCUT2D eigenvalue weighted by molar-refractivity contribution is -0.144. The van der Waals surface area contributed by atoms with Crippen LogP contribution < -0.4 is 0 Å². The Hall–Kier alpha value is -1.06. The molecule has 0 aromatic carbocycles. The van der Waals surface area contributed by atoms with Gasteiger partial charge in [0.2, 0.25) is 0 Å². The van der Waals surface area contributed by atoms with Gasteiger partial charge in [-0.2, -0.15) is 0 Å². The zero-order valence-corrected chi connectivity index (χ0v) is 24.9. The normalized spacial score (nSPS) is 11.2. The molecule has 0 aromatic heterocycles. The molecule has 0 fully saturated rings. The van der Waals surface area contributed by atoms with Crippen molar-refractivity contribution in [1.82, 2.24) is 0 Å². The van der Waals surface area contributed by atoms with Crippen molar-refractivity contribution in [2.24, 2.45) is 0 Å². The molecular formula is C33H64O4. The smallest absolute Gasteiger partial charge is 0.305 e. The molecule has 0 atom stereocenters. The highest BCUT2D eigenvalue weighted by Crippen LogP contribution is 2.15. The summed E-state index contributed by atoms with van der Waals surface area (Å²) < 4.78 is 5.41. The molecular weight excluding hydrogens is 460 g/mol. The first-order valence-electron chi connectivity index (χ1n) is 16.5. The predicted molar refractivity (Wildman–Crippen MR) is 158 cm³/mol. The van der Waals surface area contributed by atoms with E-state index >= 15 is 0 Å². The first kappa shape index (κ1) is 35.9. The lowest BCUT2D eigenvalue weighted by Gasteiger charge is -2.06. The second-order valence-electron chi connectivity index (χ2n) is 11.3. The van der Waals surface area contributed by atoms with E-state index in [1.165, 1.54) is 148 Å². The van der Waals surface area contributed by atoms with E-state index in [-0.39, 0.29) is 5.97 Å². The van der Waals surface area contributed by atoms with Gasteiger partial charge in [-0.3, -0.25) is 9.59 Å². The van der Waals surface area contributed by atoms with Gasteiger partial charge in [0.15, 0.2) is 0 Å². The number of carboxylic acid groups (broad SMARTS) is 1. The summed E-state index contributed by atoms with van der Waals surface area (Å²) >= 11 is 0. The zero-order valence-electron chi connectivity index (χ0n) is 24.9. The van der Waals surface area contributed by atoms with Crippen LogP contribution in [0.3, 0.4) is 0 Å². The van der Waals surface area contributed by atoms with Crippen LogP contribution in [0.5, 0.6) is 0 Å². The quantitative estimate of drug-likeness (QED) is 0.0723. The third-order valence-corrected chi connectivity index (χ3v) is 7.53. The van der Waals surface area contributed by atoms with Gasteiger partial charge >= 0.3 is 11.9 Å². The average molecular weight is 525 g/mol. The first-order valence-corrected chi connectivity index (χ1v) is 16.5. The van der Waals surface area contributed by atoms with Gasteiger partial charge in [0.1, 0.15) is 0 Å². The predicted octanol–water partition coefficient (Wildman–Crippen LogP) is 10.9. The molecule has 0 heterocycles. The summed E-state index contributed by atoms with van der Waals surface area (Å²) in [5.74, 6) is -0.658. The minimum absolute atomic E-state index is 0.00617. The number of carbonyl (C=O) groups is 2. The summed E-state index contributed by atoms with van der Waals surface area (Å²) in [5.41, 5.74) is 0. The summed E-state index contributed by atoms with van der Waals surface area (Å²) in [6.07, 6.45) is 35.3. The molecule has 220 valence electrons. The summed E-state index contributed by atoms with van der Waals surface area (Å²) in [6.45, 7) is 2.88. The monoisotopic (exact) mass is 524 g/mol. The van der Waals surface area contributed by atoms with Gasteiger partial charge in [-0.1, -0.05) is 161 Å².